The Hall–Kier alpha value is -4.42. The standard InChI is InChI=1S/C50H52/c1-47(2,3)37-21-31-15-17-33-23-39(49(7,8)9)27-41-29(19-35(25-37)43(31)45(33)41)13-14-30-20-36-26-38(48(4,5)6)22-32-16-18-34-24-40(50(10,11)12)28-42(30)46(34)44(32)36/h13-28H,1-12H3/b14-13+. The second-order valence-electron chi connectivity index (χ2n) is 19.2. The molecule has 0 heterocycles. The molecule has 8 aromatic rings. The third-order valence-corrected chi connectivity index (χ3v) is 11.3. The van der Waals surface area contributed by atoms with Gasteiger partial charge in [0.05, 0.1) is 0 Å². The van der Waals surface area contributed by atoms with Crippen molar-refractivity contribution in [3.8, 4) is 0 Å². The molecule has 0 N–H and O–H groups in total. The number of rotatable bonds is 2. The smallest absolute Gasteiger partial charge is 0.00206 e. The van der Waals surface area contributed by atoms with Gasteiger partial charge < -0.3 is 0 Å². The summed E-state index contributed by atoms with van der Waals surface area (Å²) in [6.07, 6.45) is 4.82. The van der Waals surface area contributed by atoms with Gasteiger partial charge in [0, 0.05) is 0 Å². The van der Waals surface area contributed by atoms with Crippen molar-refractivity contribution in [1.82, 2.24) is 0 Å². The molecule has 0 aliphatic carbocycles. The molecule has 8 aromatic carbocycles. The molecule has 0 saturated carbocycles. The van der Waals surface area contributed by atoms with Crippen LogP contribution in [0.4, 0.5) is 0 Å². The summed E-state index contributed by atoms with van der Waals surface area (Å²) < 4.78 is 0. The Balaban J connectivity index is 1.46. The molecular formula is C50H52. The van der Waals surface area contributed by atoms with Gasteiger partial charge in [0.25, 0.3) is 0 Å². The van der Waals surface area contributed by atoms with Crippen LogP contribution in [0.25, 0.3) is 76.8 Å². The second kappa shape index (κ2) is 10.6. The van der Waals surface area contributed by atoms with Crippen molar-refractivity contribution >= 4 is 76.8 Å². The van der Waals surface area contributed by atoms with Crippen molar-refractivity contribution in [2.24, 2.45) is 0 Å². The van der Waals surface area contributed by atoms with E-state index in [0.29, 0.717) is 0 Å². The Morgan fingerprint density at radius 2 is 0.560 bits per heavy atom. The summed E-state index contributed by atoms with van der Waals surface area (Å²) in [7, 11) is 0. The zero-order valence-corrected chi connectivity index (χ0v) is 32.2. The van der Waals surface area contributed by atoms with Crippen molar-refractivity contribution in [2.45, 2.75) is 105 Å². The van der Waals surface area contributed by atoms with Crippen molar-refractivity contribution in [3.05, 3.63) is 118 Å². The number of benzene rings is 8. The van der Waals surface area contributed by atoms with Crippen LogP contribution in [0.2, 0.25) is 0 Å². The van der Waals surface area contributed by atoms with Crippen molar-refractivity contribution < 1.29 is 0 Å². The first kappa shape index (κ1) is 32.8. The van der Waals surface area contributed by atoms with Crippen LogP contribution in [0, 0.1) is 0 Å². The molecule has 0 atom stereocenters. The SMILES string of the molecule is CC(C)(C)c1cc2ccc3cc(C(C)(C)C)cc4c(/C=C/c5cc6cc(C(C)(C)C)cc7ccc8cc(C(C)(C)C)cc5c8c76)cc(c1)c2c34. The molecule has 0 aromatic heterocycles. The Morgan fingerprint density at radius 1 is 0.300 bits per heavy atom. The highest BCUT2D eigenvalue weighted by molar-refractivity contribution is 6.27. The zero-order chi connectivity index (χ0) is 35.7. The lowest BCUT2D eigenvalue weighted by Crippen LogP contribution is -2.12. The topological polar surface area (TPSA) is 0 Å². The predicted molar refractivity (Wildman–Crippen MR) is 224 cm³/mol. The van der Waals surface area contributed by atoms with Gasteiger partial charge >= 0.3 is 0 Å². The minimum atomic E-state index is 0.0445. The lowest BCUT2D eigenvalue weighted by molar-refractivity contribution is 0.591. The molecule has 0 saturated heterocycles. The maximum Gasteiger partial charge on any atom is -0.00206 e. The summed E-state index contributed by atoms with van der Waals surface area (Å²) in [6.45, 7) is 27.9. The van der Waals surface area contributed by atoms with Gasteiger partial charge in [0.2, 0.25) is 0 Å². The highest BCUT2D eigenvalue weighted by Crippen LogP contribution is 2.44. The van der Waals surface area contributed by atoms with Crippen LogP contribution in [-0.4, -0.2) is 0 Å². The minimum Gasteiger partial charge on any atom is -0.0561 e. The van der Waals surface area contributed by atoms with E-state index in [-0.39, 0.29) is 21.7 Å². The van der Waals surface area contributed by atoms with Crippen LogP contribution in [0.15, 0.2) is 84.9 Å². The van der Waals surface area contributed by atoms with E-state index in [4.69, 9.17) is 0 Å². The summed E-state index contributed by atoms with van der Waals surface area (Å²) in [5, 5.41) is 16.2. The van der Waals surface area contributed by atoms with E-state index in [1.165, 1.54) is 98.0 Å². The lowest BCUT2D eigenvalue weighted by atomic mass is 9.80. The summed E-state index contributed by atoms with van der Waals surface area (Å²) in [4.78, 5) is 0. The van der Waals surface area contributed by atoms with Crippen LogP contribution in [0.1, 0.15) is 116 Å². The van der Waals surface area contributed by atoms with Gasteiger partial charge in [0.1, 0.15) is 0 Å². The zero-order valence-electron chi connectivity index (χ0n) is 32.2. The molecule has 0 heteroatoms. The Morgan fingerprint density at radius 3 is 0.860 bits per heavy atom. The van der Waals surface area contributed by atoms with Gasteiger partial charge in [-0.05, 0) is 144 Å². The maximum absolute atomic E-state index is 2.47. The fourth-order valence-electron chi connectivity index (χ4n) is 8.09. The molecule has 0 amide bonds. The van der Waals surface area contributed by atoms with E-state index in [2.05, 4.69) is 180 Å². The number of hydrogen-bond donors (Lipinski definition) is 0. The van der Waals surface area contributed by atoms with E-state index in [1.807, 2.05) is 0 Å². The van der Waals surface area contributed by atoms with Gasteiger partial charge in [-0.25, -0.2) is 0 Å². The first-order valence-corrected chi connectivity index (χ1v) is 18.5. The average Bonchev–Trinajstić information content (AvgIpc) is 3.02. The van der Waals surface area contributed by atoms with E-state index in [0.717, 1.165) is 0 Å². The third kappa shape index (κ3) is 5.26. The third-order valence-electron chi connectivity index (χ3n) is 11.3. The van der Waals surface area contributed by atoms with E-state index in [1.54, 1.807) is 0 Å². The summed E-state index contributed by atoms with van der Waals surface area (Å²) in [5.41, 5.74) is 8.29. The summed E-state index contributed by atoms with van der Waals surface area (Å²) in [5.74, 6) is 0. The van der Waals surface area contributed by atoms with Gasteiger partial charge in [-0.1, -0.05) is 156 Å². The van der Waals surface area contributed by atoms with E-state index >= 15 is 0 Å². The number of hydrogen-bond acceptors (Lipinski definition) is 0. The molecule has 0 aliphatic heterocycles. The Bertz CT molecular complexity index is 2460. The van der Waals surface area contributed by atoms with Crippen LogP contribution in [-0.2, 0) is 21.7 Å². The molecule has 0 bridgehead atoms. The largest absolute Gasteiger partial charge is 0.0561 e. The van der Waals surface area contributed by atoms with Crippen molar-refractivity contribution in [3.63, 3.8) is 0 Å². The van der Waals surface area contributed by atoms with Gasteiger partial charge in [-0.15, -0.1) is 0 Å². The molecule has 0 fully saturated rings. The van der Waals surface area contributed by atoms with Crippen LogP contribution in [0.5, 0.6) is 0 Å². The van der Waals surface area contributed by atoms with Crippen molar-refractivity contribution in [1.29, 1.82) is 0 Å². The van der Waals surface area contributed by atoms with E-state index < -0.39 is 0 Å². The highest BCUT2D eigenvalue weighted by atomic mass is 14.3. The monoisotopic (exact) mass is 652 g/mol. The molecule has 0 spiro atoms. The molecule has 0 nitrogen and oxygen atoms in total. The highest BCUT2D eigenvalue weighted by Gasteiger charge is 2.23. The normalized spacial score (nSPS) is 13.9. The second-order valence-corrected chi connectivity index (χ2v) is 19.2. The van der Waals surface area contributed by atoms with Crippen molar-refractivity contribution in [2.75, 3.05) is 0 Å². The molecular weight excluding hydrogens is 601 g/mol. The fraction of sp³-hybridized carbons (Fsp3) is 0.320. The van der Waals surface area contributed by atoms with Gasteiger partial charge in [-0.2, -0.15) is 0 Å². The molecule has 8 rings (SSSR count). The molecule has 252 valence electrons. The molecule has 0 aliphatic rings. The van der Waals surface area contributed by atoms with E-state index in [9.17, 15) is 0 Å². The molecule has 0 radical (unpaired) electrons. The minimum absolute atomic E-state index is 0.0445. The summed E-state index contributed by atoms with van der Waals surface area (Å²) >= 11 is 0. The van der Waals surface area contributed by atoms with Crippen LogP contribution in [0.3, 0.4) is 0 Å². The Labute approximate surface area is 298 Å². The predicted octanol–water partition coefficient (Wildman–Crippen LogP) is 14.8. The summed E-state index contributed by atoms with van der Waals surface area (Å²) in [6, 6.07) is 33.8. The quantitative estimate of drug-likeness (QED) is 0.129. The Kier molecular flexibility index (Phi) is 6.91. The molecule has 50 heavy (non-hydrogen) atoms. The van der Waals surface area contributed by atoms with Gasteiger partial charge in [-0.3, -0.25) is 0 Å². The first-order valence-electron chi connectivity index (χ1n) is 18.5. The fourth-order valence-corrected chi connectivity index (χ4v) is 8.09. The maximum atomic E-state index is 2.47. The van der Waals surface area contributed by atoms with Gasteiger partial charge in [0.15, 0.2) is 0 Å². The van der Waals surface area contributed by atoms with Crippen LogP contribution < -0.4 is 0 Å². The first-order chi connectivity index (χ1) is 23.3. The van der Waals surface area contributed by atoms with Crippen LogP contribution >= 0.6 is 0 Å². The molecule has 0 unspecified atom stereocenters. The lowest BCUT2D eigenvalue weighted by Gasteiger charge is -2.25. The average molecular weight is 653 g/mol.